The number of cyclic esters (lactones) is 1. The minimum atomic E-state index is -0.753. The average molecular weight is 479 g/mol. The molecule has 5 rings (SSSR count). The van der Waals surface area contributed by atoms with Crippen molar-refractivity contribution in [2.75, 3.05) is 17.2 Å². The summed E-state index contributed by atoms with van der Waals surface area (Å²) in [4.78, 5) is 36.9. The number of benzene rings is 3. The fourth-order valence-corrected chi connectivity index (χ4v) is 4.72. The summed E-state index contributed by atoms with van der Waals surface area (Å²) in [6, 6.07) is 16.0. The van der Waals surface area contributed by atoms with Gasteiger partial charge in [-0.2, -0.15) is 0 Å². The van der Waals surface area contributed by atoms with Gasteiger partial charge in [0.05, 0.1) is 17.5 Å². The number of carbonyl (C=O) groups is 3. The molecule has 2 N–H and O–H groups in total. The lowest BCUT2D eigenvalue weighted by Gasteiger charge is -2.30. The molecule has 1 spiro atoms. The number of nitrogens with one attached hydrogen (secondary N) is 2. The van der Waals surface area contributed by atoms with E-state index >= 15 is 0 Å². The molecule has 0 aromatic heterocycles. The van der Waals surface area contributed by atoms with Gasteiger partial charge in [0.15, 0.2) is 5.78 Å². The Hall–Kier alpha value is -3.71. The molecule has 172 valence electrons. The fraction of sp³-hybridized carbons (Fsp3) is 0.192. The van der Waals surface area contributed by atoms with Crippen molar-refractivity contribution in [2.24, 2.45) is 5.41 Å². The second kappa shape index (κ2) is 8.57. The predicted molar refractivity (Wildman–Crippen MR) is 127 cm³/mol. The summed E-state index contributed by atoms with van der Waals surface area (Å²) in [7, 11) is 0. The predicted octanol–water partition coefficient (Wildman–Crippen LogP) is 5.85. The van der Waals surface area contributed by atoms with Gasteiger partial charge in [-0.1, -0.05) is 41.9 Å². The molecular weight excluding hydrogens is 459 g/mol. The number of halogens is 2. The Morgan fingerprint density at radius 1 is 1.00 bits per heavy atom. The van der Waals surface area contributed by atoms with Crippen LogP contribution in [0.5, 0.6) is 0 Å². The molecule has 1 fully saturated rings. The molecule has 2 amide bonds. The van der Waals surface area contributed by atoms with Crippen LogP contribution in [0.25, 0.3) is 11.1 Å². The lowest BCUT2D eigenvalue weighted by Crippen LogP contribution is -2.36. The molecule has 0 saturated carbocycles. The van der Waals surface area contributed by atoms with E-state index in [0.717, 1.165) is 11.1 Å². The molecule has 6 nitrogen and oxygen atoms in total. The summed E-state index contributed by atoms with van der Waals surface area (Å²) in [5, 5.41) is 5.57. The van der Waals surface area contributed by atoms with Crippen LogP contribution in [0.3, 0.4) is 0 Å². The highest BCUT2D eigenvalue weighted by Gasteiger charge is 2.49. The van der Waals surface area contributed by atoms with Crippen molar-refractivity contribution in [3.8, 4) is 11.1 Å². The van der Waals surface area contributed by atoms with Crippen LogP contribution in [0.4, 0.5) is 20.6 Å². The SMILES string of the molecule is O=C(Nc1cccc(Cl)c1)Nc1ccc(-c2ccc3c(c2)CCC2(COC(=O)C2)C3=O)cc1F. The number of fused-ring (bicyclic) bond motifs is 1. The second-order valence-electron chi connectivity index (χ2n) is 8.60. The Morgan fingerprint density at radius 2 is 1.79 bits per heavy atom. The molecule has 1 atom stereocenters. The van der Waals surface area contributed by atoms with Crippen LogP contribution in [-0.4, -0.2) is 24.4 Å². The molecule has 1 aliphatic heterocycles. The van der Waals surface area contributed by atoms with Gasteiger partial charge in [-0.15, -0.1) is 0 Å². The summed E-state index contributed by atoms with van der Waals surface area (Å²) >= 11 is 5.91. The largest absolute Gasteiger partial charge is 0.465 e. The third kappa shape index (κ3) is 4.15. The first-order valence-electron chi connectivity index (χ1n) is 10.8. The second-order valence-corrected chi connectivity index (χ2v) is 9.04. The molecule has 3 aromatic carbocycles. The molecule has 2 aliphatic rings. The van der Waals surface area contributed by atoms with Crippen molar-refractivity contribution >= 4 is 40.8 Å². The standard InChI is InChI=1S/C26H20ClFN2O4/c27-18-2-1-3-19(12-18)29-25(33)30-22-7-5-16(11-21(22)28)15-4-6-20-17(10-15)8-9-26(24(20)32)13-23(31)34-14-26/h1-7,10-12H,8-9,13-14H2,(H2,29,30,33). The first-order chi connectivity index (χ1) is 16.3. The molecule has 0 bridgehead atoms. The summed E-state index contributed by atoms with van der Waals surface area (Å²) in [5.41, 5.74) is 2.60. The number of aryl methyl sites for hydroxylation is 1. The first kappa shape index (κ1) is 22.1. The minimum Gasteiger partial charge on any atom is -0.465 e. The number of rotatable bonds is 3. The first-order valence-corrected chi connectivity index (χ1v) is 11.2. The zero-order valence-corrected chi connectivity index (χ0v) is 18.7. The zero-order chi connectivity index (χ0) is 23.9. The zero-order valence-electron chi connectivity index (χ0n) is 18.0. The number of amides is 2. The monoisotopic (exact) mass is 478 g/mol. The third-order valence-electron chi connectivity index (χ3n) is 6.33. The number of ether oxygens (including phenoxy) is 1. The number of ketones is 1. The summed E-state index contributed by atoms with van der Waals surface area (Å²) < 4.78 is 19.8. The van der Waals surface area contributed by atoms with E-state index in [9.17, 15) is 18.8 Å². The van der Waals surface area contributed by atoms with Crippen LogP contribution in [0, 0.1) is 11.2 Å². The van der Waals surface area contributed by atoms with Crippen LogP contribution < -0.4 is 10.6 Å². The van der Waals surface area contributed by atoms with Gasteiger partial charge in [0.25, 0.3) is 0 Å². The van der Waals surface area contributed by atoms with E-state index in [4.69, 9.17) is 16.3 Å². The van der Waals surface area contributed by atoms with Gasteiger partial charge in [0.2, 0.25) is 0 Å². The van der Waals surface area contributed by atoms with E-state index in [1.54, 1.807) is 42.5 Å². The van der Waals surface area contributed by atoms with Crippen LogP contribution in [-0.2, 0) is 16.0 Å². The van der Waals surface area contributed by atoms with E-state index < -0.39 is 17.3 Å². The molecule has 3 aromatic rings. The summed E-state index contributed by atoms with van der Waals surface area (Å²) in [6.07, 6.45) is 1.31. The number of carbonyl (C=O) groups excluding carboxylic acids is 3. The van der Waals surface area contributed by atoms with Gasteiger partial charge < -0.3 is 15.4 Å². The normalized spacial score (nSPS) is 19.0. The molecule has 1 saturated heterocycles. The van der Waals surface area contributed by atoms with E-state index in [0.29, 0.717) is 34.7 Å². The highest BCUT2D eigenvalue weighted by molar-refractivity contribution is 6.30. The lowest BCUT2D eigenvalue weighted by molar-refractivity contribution is -0.137. The number of urea groups is 1. The maximum absolute atomic E-state index is 14.8. The number of anilines is 2. The Morgan fingerprint density at radius 3 is 2.53 bits per heavy atom. The van der Waals surface area contributed by atoms with Gasteiger partial charge in [-0.3, -0.25) is 9.59 Å². The van der Waals surface area contributed by atoms with E-state index in [-0.39, 0.29) is 30.5 Å². The number of Topliss-reactive ketones (excluding diaryl/α,β-unsaturated/α-hetero) is 1. The molecule has 1 unspecified atom stereocenters. The maximum Gasteiger partial charge on any atom is 0.323 e. The highest BCUT2D eigenvalue weighted by Crippen LogP contribution is 2.43. The van der Waals surface area contributed by atoms with Crippen LogP contribution >= 0.6 is 11.6 Å². The fourth-order valence-electron chi connectivity index (χ4n) is 4.53. The lowest BCUT2D eigenvalue weighted by atomic mass is 9.69. The van der Waals surface area contributed by atoms with Crippen molar-refractivity contribution < 1.29 is 23.5 Å². The van der Waals surface area contributed by atoms with Crippen molar-refractivity contribution in [3.05, 3.63) is 82.6 Å². The van der Waals surface area contributed by atoms with Crippen molar-refractivity contribution in [3.63, 3.8) is 0 Å². The minimum absolute atomic E-state index is 0.0317. The Labute approximate surface area is 200 Å². The van der Waals surface area contributed by atoms with Crippen LogP contribution in [0.2, 0.25) is 5.02 Å². The van der Waals surface area contributed by atoms with Crippen molar-refractivity contribution in [1.82, 2.24) is 0 Å². The van der Waals surface area contributed by atoms with E-state index in [1.165, 1.54) is 12.1 Å². The maximum atomic E-state index is 14.8. The molecule has 8 heteroatoms. The molecule has 34 heavy (non-hydrogen) atoms. The molecule has 1 aliphatic carbocycles. The van der Waals surface area contributed by atoms with Gasteiger partial charge in [-0.05, 0) is 59.9 Å². The number of hydrogen-bond acceptors (Lipinski definition) is 4. The number of hydrogen-bond donors (Lipinski definition) is 2. The third-order valence-corrected chi connectivity index (χ3v) is 6.56. The quantitative estimate of drug-likeness (QED) is 0.462. The van der Waals surface area contributed by atoms with Gasteiger partial charge in [0, 0.05) is 16.3 Å². The Bertz CT molecular complexity index is 1340. The Balaban J connectivity index is 1.32. The Kier molecular flexibility index (Phi) is 5.57. The van der Waals surface area contributed by atoms with E-state index in [1.807, 2.05) is 6.07 Å². The average Bonchev–Trinajstić information content (AvgIpc) is 3.19. The highest BCUT2D eigenvalue weighted by atomic mass is 35.5. The van der Waals surface area contributed by atoms with E-state index in [2.05, 4.69) is 10.6 Å². The topological polar surface area (TPSA) is 84.5 Å². The molecule has 0 radical (unpaired) electrons. The smallest absolute Gasteiger partial charge is 0.323 e. The van der Waals surface area contributed by atoms with Crippen LogP contribution in [0.1, 0.15) is 28.8 Å². The molecule has 1 heterocycles. The molecular formula is C26H20ClFN2O4. The van der Waals surface area contributed by atoms with Crippen molar-refractivity contribution in [2.45, 2.75) is 19.3 Å². The van der Waals surface area contributed by atoms with Gasteiger partial charge in [-0.25, -0.2) is 9.18 Å². The summed E-state index contributed by atoms with van der Waals surface area (Å²) in [6.45, 7) is 0.135. The van der Waals surface area contributed by atoms with Gasteiger partial charge >= 0.3 is 12.0 Å². The number of esters is 1. The van der Waals surface area contributed by atoms with Crippen LogP contribution in [0.15, 0.2) is 60.7 Å². The summed E-state index contributed by atoms with van der Waals surface area (Å²) in [5.74, 6) is -0.991. The van der Waals surface area contributed by atoms with Gasteiger partial charge in [0.1, 0.15) is 12.4 Å². The van der Waals surface area contributed by atoms with Crippen molar-refractivity contribution in [1.29, 1.82) is 0 Å².